The van der Waals surface area contributed by atoms with E-state index in [1.807, 2.05) is 58.5 Å². The third kappa shape index (κ3) is 5.29. The van der Waals surface area contributed by atoms with Gasteiger partial charge in [-0.15, -0.1) is 21.5 Å². The SMILES string of the molecule is COCCn1c(COc2ccccc2-c2ccccc2)nnc1SCc1nc2ccsc2c(=O)[nH]1. The highest BCUT2D eigenvalue weighted by Gasteiger charge is 2.15. The van der Waals surface area contributed by atoms with Crippen LogP contribution in [-0.4, -0.2) is 38.4 Å². The Balaban J connectivity index is 1.34. The molecular formula is C25H23N5O3S2. The van der Waals surface area contributed by atoms with Gasteiger partial charge in [-0.05, 0) is 23.1 Å². The van der Waals surface area contributed by atoms with E-state index in [9.17, 15) is 4.79 Å². The summed E-state index contributed by atoms with van der Waals surface area (Å²) in [6.07, 6.45) is 0. The molecular weight excluding hydrogens is 482 g/mol. The minimum atomic E-state index is -0.118. The Bertz CT molecular complexity index is 1480. The van der Waals surface area contributed by atoms with Crippen LogP contribution in [0.15, 0.2) is 76.0 Å². The van der Waals surface area contributed by atoms with Crippen LogP contribution in [0.1, 0.15) is 11.6 Å². The number of aromatic nitrogens is 5. The highest BCUT2D eigenvalue weighted by Crippen LogP contribution is 2.30. The van der Waals surface area contributed by atoms with E-state index in [1.165, 1.54) is 23.1 Å². The molecule has 0 fully saturated rings. The van der Waals surface area contributed by atoms with E-state index in [-0.39, 0.29) is 12.2 Å². The van der Waals surface area contributed by atoms with E-state index >= 15 is 0 Å². The molecule has 0 unspecified atom stereocenters. The van der Waals surface area contributed by atoms with Gasteiger partial charge < -0.3 is 19.0 Å². The molecule has 178 valence electrons. The zero-order valence-electron chi connectivity index (χ0n) is 19.0. The summed E-state index contributed by atoms with van der Waals surface area (Å²) in [5, 5.41) is 11.3. The number of methoxy groups -OCH3 is 1. The maximum absolute atomic E-state index is 12.3. The Kier molecular flexibility index (Phi) is 7.22. The van der Waals surface area contributed by atoms with Gasteiger partial charge in [-0.1, -0.05) is 60.3 Å². The lowest BCUT2D eigenvalue weighted by Gasteiger charge is -2.13. The zero-order valence-corrected chi connectivity index (χ0v) is 20.6. The summed E-state index contributed by atoms with van der Waals surface area (Å²) in [6, 6.07) is 19.9. The number of nitrogens with zero attached hydrogens (tertiary/aromatic N) is 4. The highest BCUT2D eigenvalue weighted by molar-refractivity contribution is 7.98. The van der Waals surface area contributed by atoms with E-state index < -0.39 is 0 Å². The van der Waals surface area contributed by atoms with Crippen molar-refractivity contribution in [2.45, 2.75) is 24.1 Å². The van der Waals surface area contributed by atoms with Gasteiger partial charge in [-0.3, -0.25) is 4.79 Å². The molecule has 2 aromatic carbocycles. The number of fused-ring (bicyclic) bond motifs is 1. The van der Waals surface area contributed by atoms with Gasteiger partial charge in [-0.25, -0.2) is 4.98 Å². The van der Waals surface area contributed by atoms with Crippen LogP contribution in [0.3, 0.4) is 0 Å². The van der Waals surface area contributed by atoms with Crippen molar-refractivity contribution in [1.29, 1.82) is 0 Å². The van der Waals surface area contributed by atoms with Crippen LogP contribution >= 0.6 is 23.1 Å². The van der Waals surface area contributed by atoms with Crippen molar-refractivity contribution in [3.63, 3.8) is 0 Å². The van der Waals surface area contributed by atoms with Crippen LogP contribution < -0.4 is 10.3 Å². The number of hydrogen-bond acceptors (Lipinski definition) is 8. The average molecular weight is 506 g/mol. The molecule has 0 spiro atoms. The molecule has 0 aliphatic heterocycles. The Morgan fingerprint density at radius 2 is 1.89 bits per heavy atom. The first-order valence-corrected chi connectivity index (χ1v) is 12.9. The normalized spacial score (nSPS) is 11.2. The summed E-state index contributed by atoms with van der Waals surface area (Å²) in [4.78, 5) is 19.7. The third-order valence-electron chi connectivity index (χ3n) is 5.34. The van der Waals surface area contributed by atoms with E-state index in [0.29, 0.717) is 45.9 Å². The van der Waals surface area contributed by atoms with Gasteiger partial charge in [-0.2, -0.15) is 0 Å². The van der Waals surface area contributed by atoms with Crippen LogP contribution in [0.2, 0.25) is 0 Å². The molecule has 35 heavy (non-hydrogen) atoms. The monoisotopic (exact) mass is 505 g/mol. The topological polar surface area (TPSA) is 94.9 Å². The number of benzene rings is 2. The number of thiophene rings is 1. The highest BCUT2D eigenvalue weighted by atomic mass is 32.2. The number of aromatic amines is 1. The number of rotatable bonds is 10. The lowest BCUT2D eigenvalue weighted by Crippen LogP contribution is -2.12. The van der Waals surface area contributed by atoms with Crippen LogP contribution in [0.25, 0.3) is 21.3 Å². The van der Waals surface area contributed by atoms with Crippen molar-refractivity contribution < 1.29 is 9.47 Å². The molecule has 0 aliphatic rings. The minimum Gasteiger partial charge on any atom is -0.485 e. The predicted molar refractivity (Wildman–Crippen MR) is 138 cm³/mol. The lowest BCUT2D eigenvalue weighted by atomic mass is 10.1. The molecule has 1 N–H and O–H groups in total. The molecule has 0 radical (unpaired) electrons. The van der Waals surface area contributed by atoms with Crippen LogP contribution in [0.5, 0.6) is 5.75 Å². The Morgan fingerprint density at radius 1 is 1.06 bits per heavy atom. The van der Waals surface area contributed by atoms with Crippen LogP contribution in [0.4, 0.5) is 0 Å². The molecule has 5 rings (SSSR count). The number of ether oxygens (including phenoxy) is 2. The van der Waals surface area contributed by atoms with Gasteiger partial charge in [0, 0.05) is 19.2 Å². The summed E-state index contributed by atoms with van der Waals surface area (Å²) in [6.45, 7) is 1.35. The van der Waals surface area contributed by atoms with E-state index in [0.717, 1.165) is 16.9 Å². The van der Waals surface area contributed by atoms with E-state index in [1.54, 1.807) is 7.11 Å². The van der Waals surface area contributed by atoms with Gasteiger partial charge in [0.25, 0.3) is 5.56 Å². The maximum Gasteiger partial charge on any atom is 0.268 e. The quantitative estimate of drug-likeness (QED) is 0.273. The van der Waals surface area contributed by atoms with E-state index in [2.05, 4.69) is 32.3 Å². The molecule has 3 heterocycles. The molecule has 3 aromatic heterocycles. The lowest BCUT2D eigenvalue weighted by molar-refractivity contribution is 0.181. The molecule has 0 saturated carbocycles. The fraction of sp³-hybridized carbons (Fsp3) is 0.200. The Labute approximate surface area is 210 Å². The first-order chi connectivity index (χ1) is 17.2. The standard InChI is InChI=1S/C25H23N5O3S2/c1-32-13-12-30-22(15-33-20-10-6-5-9-18(20)17-7-3-2-4-8-17)28-29-25(30)35-16-21-26-19-11-14-34-23(19)24(31)27-21/h2-11,14H,12-13,15-16H2,1H3,(H,26,27,31). The van der Waals surface area contributed by atoms with Gasteiger partial charge in [0.05, 0.1) is 17.9 Å². The molecule has 0 bridgehead atoms. The molecule has 0 saturated heterocycles. The second-order valence-electron chi connectivity index (χ2n) is 7.63. The summed E-state index contributed by atoms with van der Waals surface area (Å²) < 4.78 is 14.1. The molecule has 0 aliphatic carbocycles. The summed E-state index contributed by atoms with van der Waals surface area (Å²) in [5.41, 5.74) is 2.70. The zero-order chi connectivity index (χ0) is 24.0. The third-order valence-corrected chi connectivity index (χ3v) is 7.22. The van der Waals surface area contributed by atoms with Gasteiger partial charge in [0.2, 0.25) is 0 Å². The van der Waals surface area contributed by atoms with Crippen molar-refractivity contribution in [2.24, 2.45) is 0 Å². The van der Waals surface area contributed by atoms with Crippen molar-refractivity contribution in [2.75, 3.05) is 13.7 Å². The Morgan fingerprint density at radius 3 is 2.74 bits per heavy atom. The molecule has 8 nitrogen and oxygen atoms in total. The van der Waals surface area contributed by atoms with Gasteiger partial charge in [0.1, 0.15) is 22.9 Å². The molecule has 0 amide bonds. The van der Waals surface area contributed by atoms with Crippen LogP contribution in [-0.2, 0) is 23.6 Å². The largest absolute Gasteiger partial charge is 0.485 e. The minimum absolute atomic E-state index is 0.118. The van der Waals surface area contributed by atoms with E-state index in [4.69, 9.17) is 9.47 Å². The predicted octanol–water partition coefficient (Wildman–Crippen LogP) is 4.76. The fourth-order valence-corrected chi connectivity index (χ4v) is 5.23. The van der Waals surface area contributed by atoms with Gasteiger partial charge in [0.15, 0.2) is 11.0 Å². The van der Waals surface area contributed by atoms with Crippen molar-refractivity contribution in [3.8, 4) is 16.9 Å². The summed E-state index contributed by atoms with van der Waals surface area (Å²) >= 11 is 2.85. The fourth-order valence-electron chi connectivity index (χ4n) is 3.65. The summed E-state index contributed by atoms with van der Waals surface area (Å²) in [5.74, 6) is 2.54. The maximum atomic E-state index is 12.3. The average Bonchev–Trinajstić information content (AvgIpc) is 3.53. The first-order valence-electron chi connectivity index (χ1n) is 11.0. The Hall–Kier alpha value is -3.47. The smallest absolute Gasteiger partial charge is 0.268 e. The van der Waals surface area contributed by atoms with Crippen molar-refractivity contribution in [1.82, 2.24) is 24.7 Å². The molecule has 5 aromatic rings. The second-order valence-corrected chi connectivity index (χ2v) is 9.49. The molecule has 10 heteroatoms. The number of H-pyrrole nitrogens is 1. The second kappa shape index (κ2) is 10.9. The molecule has 0 atom stereocenters. The number of hydrogen-bond donors (Lipinski definition) is 1. The summed E-state index contributed by atoms with van der Waals surface area (Å²) in [7, 11) is 1.66. The first kappa shape index (κ1) is 23.3. The number of para-hydroxylation sites is 1. The number of thioether (sulfide) groups is 1. The van der Waals surface area contributed by atoms with Gasteiger partial charge >= 0.3 is 0 Å². The van der Waals surface area contributed by atoms with Crippen molar-refractivity contribution >= 4 is 33.3 Å². The van der Waals surface area contributed by atoms with Crippen LogP contribution in [0, 0.1) is 0 Å². The number of nitrogens with one attached hydrogen (secondary N) is 1. The van der Waals surface area contributed by atoms with Crippen molar-refractivity contribution in [3.05, 3.63) is 88.0 Å².